The second kappa shape index (κ2) is 8.74. The van der Waals surface area contributed by atoms with Crippen LogP contribution >= 0.6 is 38.6 Å². The summed E-state index contributed by atoms with van der Waals surface area (Å²) >= 11 is 6.09. The lowest BCUT2D eigenvalue weighted by atomic mass is 10.2. The summed E-state index contributed by atoms with van der Waals surface area (Å²) in [6.45, 7) is 3.13. The van der Waals surface area contributed by atoms with Crippen LogP contribution in [0.15, 0.2) is 38.4 Å². The SMILES string of the molecule is O=C(NCC(=O)N1CCN(Cc2cc(=O)n3ccsc3n2)CC1)c1ccc(Br)s1. The quantitative estimate of drug-likeness (QED) is 0.581. The number of hydrogen-bond acceptors (Lipinski definition) is 7. The third-order valence-corrected chi connectivity index (χ3v) is 7.04. The van der Waals surface area contributed by atoms with Crippen molar-refractivity contribution < 1.29 is 9.59 Å². The van der Waals surface area contributed by atoms with Gasteiger partial charge in [0, 0.05) is 50.4 Å². The highest BCUT2D eigenvalue weighted by atomic mass is 79.9. The number of rotatable bonds is 5. The lowest BCUT2D eigenvalue weighted by Gasteiger charge is -2.34. The van der Waals surface area contributed by atoms with E-state index in [0.717, 1.165) is 9.48 Å². The van der Waals surface area contributed by atoms with Gasteiger partial charge in [-0.25, -0.2) is 4.98 Å². The van der Waals surface area contributed by atoms with E-state index in [2.05, 4.69) is 31.1 Å². The molecule has 0 aliphatic carbocycles. The fourth-order valence-corrected chi connectivity index (χ4v) is 5.19. The third kappa shape index (κ3) is 4.74. The van der Waals surface area contributed by atoms with Crippen LogP contribution in [0, 0.1) is 0 Å². The molecule has 1 aliphatic rings. The zero-order valence-electron chi connectivity index (χ0n) is 15.3. The standard InChI is InChI=1S/C18H18BrN5O3S2/c19-14-2-1-13(29-14)17(27)20-10-16(26)23-5-3-22(4-6-23)11-12-9-15(25)24-7-8-28-18(24)21-12/h1-2,7-9H,3-6,10-11H2,(H,20,27). The van der Waals surface area contributed by atoms with Gasteiger partial charge < -0.3 is 10.2 Å². The van der Waals surface area contributed by atoms with Crippen molar-refractivity contribution in [1.82, 2.24) is 24.5 Å². The normalized spacial score (nSPS) is 15.0. The van der Waals surface area contributed by atoms with Crippen molar-refractivity contribution >= 4 is 55.4 Å². The number of aromatic nitrogens is 2. The second-order valence-electron chi connectivity index (χ2n) is 6.58. The molecule has 0 saturated carbocycles. The van der Waals surface area contributed by atoms with Gasteiger partial charge in [-0.05, 0) is 28.1 Å². The average molecular weight is 496 g/mol. The molecule has 0 atom stereocenters. The number of halogens is 1. The minimum atomic E-state index is -0.242. The Balaban J connectivity index is 1.26. The lowest BCUT2D eigenvalue weighted by molar-refractivity contribution is -0.131. The Morgan fingerprint density at radius 1 is 1.21 bits per heavy atom. The highest BCUT2D eigenvalue weighted by molar-refractivity contribution is 9.11. The maximum atomic E-state index is 12.4. The van der Waals surface area contributed by atoms with Gasteiger partial charge in [0.1, 0.15) is 0 Å². The summed E-state index contributed by atoms with van der Waals surface area (Å²) < 4.78 is 2.41. The number of nitrogens with zero attached hydrogens (tertiary/aromatic N) is 4. The molecular weight excluding hydrogens is 478 g/mol. The number of carbonyl (C=O) groups is 2. The Labute approximate surface area is 182 Å². The number of carbonyl (C=O) groups excluding carboxylic acids is 2. The first-order chi connectivity index (χ1) is 14.0. The van der Waals surface area contributed by atoms with Gasteiger partial charge in [0.05, 0.1) is 20.9 Å². The van der Waals surface area contributed by atoms with Gasteiger partial charge >= 0.3 is 0 Å². The number of thiazole rings is 1. The number of fused-ring (bicyclic) bond motifs is 1. The summed E-state index contributed by atoms with van der Waals surface area (Å²) in [5.41, 5.74) is 0.667. The fourth-order valence-electron chi connectivity index (χ4n) is 3.14. The van der Waals surface area contributed by atoms with Crippen LogP contribution in [-0.4, -0.2) is 63.7 Å². The number of nitrogens with one attached hydrogen (secondary N) is 1. The van der Waals surface area contributed by atoms with Crippen LogP contribution in [0.25, 0.3) is 4.96 Å². The van der Waals surface area contributed by atoms with Gasteiger partial charge in [-0.3, -0.25) is 23.7 Å². The van der Waals surface area contributed by atoms with E-state index >= 15 is 0 Å². The van der Waals surface area contributed by atoms with Crippen LogP contribution in [-0.2, 0) is 11.3 Å². The average Bonchev–Trinajstić information content (AvgIpc) is 3.35. The molecule has 1 saturated heterocycles. The Kier molecular flexibility index (Phi) is 6.09. The molecule has 1 N–H and O–H groups in total. The summed E-state index contributed by atoms with van der Waals surface area (Å²) in [5, 5.41) is 4.52. The van der Waals surface area contributed by atoms with E-state index in [0.29, 0.717) is 42.6 Å². The molecule has 0 bridgehead atoms. The van der Waals surface area contributed by atoms with Crippen molar-refractivity contribution in [2.75, 3.05) is 32.7 Å². The Morgan fingerprint density at radius 3 is 2.72 bits per heavy atom. The van der Waals surface area contributed by atoms with Crippen LogP contribution in [0.3, 0.4) is 0 Å². The molecule has 2 amide bonds. The van der Waals surface area contributed by atoms with Gasteiger partial charge in [-0.15, -0.1) is 22.7 Å². The number of amides is 2. The highest BCUT2D eigenvalue weighted by Gasteiger charge is 2.22. The number of piperazine rings is 1. The molecule has 0 spiro atoms. The number of hydrogen-bond donors (Lipinski definition) is 1. The largest absolute Gasteiger partial charge is 0.342 e. The summed E-state index contributed by atoms with van der Waals surface area (Å²) in [7, 11) is 0. The lowest BCUT2D eigenvalue weighted by Crippen LogP contribution is -2.50. The molecule has 4 rings (SSSR count). The van der Waals surface area contributed by atoms with Gasteiger partial charge in [-0.2, -0.15) is 0 Å². The van der Waals surface area contributed by atoms with E-state index in [1.54, 1.807) is 29.3 Å². The Morgan fingerprint density at radius 2 is 2.00 bits per heavy atom. The molecule has 3 aromatic heterocycles. The predicted molar refractivity (Wildman–Crippen MR) is 116 cm³/mol. The van der Waals surface area contributed by atoms with Gasteiger partial charge in [0.2, 0.25) is 5.91 Å². The first-order valence-electron chi connectivity index (χ1n) is 8.99. The van der Waals surface area contributed by atoms with E-state index in [-0.39, 0.29) is 23.9 Å². The molecule has 0 radical (unpaired) electrons. The van der Waals surface area contributed by atoms with Crippen molar-refractivity contribution in [2.24, 2.45) is 0 Å². The van der Waals surface area contributed by atoms with Crippen molar-refractivity contribution in [3.8, 4) is 0 Å². The van der Waals surface area contributed by atoms with Crippen molar-refractivity contribution in [3.05, 3.63) is 54.5 Å². The molecule has 4 heterocycles. The summed E-state index contributed by atoms with van der Waals surface area (Å²) in [5.74, 6) is -0.334. The third-order valence-electron chi connectivity index (χ3n) is 4.66. The smallest absolute Gasteiger partial charge is 0.261 e. The first kappa shape index (κ1) is 20.2. The van der Waals surface area contributed by atoms with E-state index < -0.39 is 0 Å². The molecule has 3 aromatic rings. The Hall–Kier alpha value is -2.08. The molecule has 1 fully saturated rings. The summed E-state index contributed by atoms with van der Waals surface area (Å²) in [6, 6.07) is 5.09. The van der Waals surface area contributed by atoms with Gasteiger partial charge in [0.25, 0.3) is 11.5 Å². The minimum absolute atomic E-state index is 0.0122. The van der Waals surface area contributed by atoms with Gasteiger partial charge in [0.15, 0.2) is 4.96 Å². The minimum Gasteiger partial charge on any atom is -0.342 e. The molecular formula is C18H18BrN5O3S2. The van der Waals surface area contributed by atoms with E-state index in [1.807, 2.05) is 5.38 Å². The van der Waals surface area contributed by atoms with Crippen LogP contribution in [0.4, 0.5) is 0 Å². The van der Waals surface area contributed by atoms with Crippen molar-refractivity contribution in [2.45, 2.75) is 6.54 Å². The van der Waals surface area contributed by atoms with E-state index in [1.165, 1.54) is 27.1 Å². The molecule has 0 unspecified atom stereocenters. The summed E-state index contributed by atoms with van der Waals surface area (Å²) in [4.78, 5) is 46.3. The van der Waals surface area contributed by atoms with Crippen molar-refractivity contribution in [3.63, 3.8) is 0 Å². The summed E-state index contributed by atoms with van der Waals surface area (Å²) in [6.07, 6.45) is 1.72. The molecule has 11 heteroatoms. The second-order valence-corrected chi connectivity index (χ2v) is 9.92. The van der Waals surface area contributed by atoms with Crippen LogP contribution in [0.5, 0.6) is 0 Å². The zero-order valence-corrected chi connectivity index (χ0v) is 18.6. The van der Waals surface area contributed by atoms with E-state index in [4.69, 9.17) is 0 Å². The fraction of sp³-hybridized carbons (Fsp3) is 0.333. The topological polar surface area (TPSA) is 87.0 Å². The molecule has 0 aromatic carbocycles. The molecule has 8 nitrogen and oxygen atoms in total. The van der Waals surface area contributed by atoms with Crippen LogP contribution in [0.2, 0.25) is 0 Å². The molecule has 152 valence electrons. The number of thiophene rings is 1. The highest BCUT2D eigenvalue weighted by Crippen LogP contribution is 2.21. The predicted octanol–water partition coefficient (Wildman–Crippen LogP) is 1.65. The maximum Gasteiger partial charge on any atom is 0.261 e. The maximum absolute atomic E-state index is 12.4. The van der Waals surface area contributed by atoms with Gasteiger partial charge in [-0.1, -0.05) is 0 Å². The molecule has 29 heavy (non-hydrogen) atoms. The zero-order chi connectivity index (χ0) is 20.4. The van der Waals surface area contributed by atoms with Crippen LogP contribution < -0.4 is 10.9 Å². The Bertz CT molecular complexity index is 1100. The van der Waals surface area contributed by atoms with Crippen molar-refractivity contribution in [1.29, 1.82) is 0 Å². The first-order valence-corrected chi connectivity index (χ1v) is 11.5. The van der Waals surface area contributed by atoms with E-state index in [9.17, 15) is 14.4 Å². The van der Waals surface area contributed by atoms with Crippen LogP contribution in [0.1, 0.15) is 15.4 Å². The monoisotopic (exact) mass is 495 g/mol. The molecule has 1 aliphatic heterocycles.